The number of nitrogens with zero attached hydrogens (tertiary/aromatic N) is 1. The summed E-state index contributed by atoms with van der Waals surface area (Å²) in [4.78, 5) is 4.38. The third-order valence-electron chi connectivity index (χ3n) is 3.60. The van der Waals surface area contributed by atoms with Crippen LogP contribution in [-0.2, 0) is 0 Å². The highest BCUT2D eigenvalue weighted by atomic mass is 16.5. The number of hydrogen-bond donors (Lipinski definition) is 2. The molecule has 2 atom stereocenters. The van der Waals surface area contributed by atoms with E-state index in [1.54, 1.807) is 6.20 Å². The summed E-state index contributed by atoms with van der Waals surface area (Å²) in [6.45, 7) is 3.39. The highest BCUT2D eigenvalue weighted by Gasteiger charge is 2.24. The first kappa shape index (κ1) is 13.1. The van der Waals surface area contributed by atoms with Gasteiger partial charge in [-0.05, 0) is 44.4 Å². The molecule has 0 aromatic carbocycles. The molecule has 0 aliphatic heterocycles. The summed E-state index contributed by atoms with van der Waals surface area (Å²) in [7, 11) is 0. The Morgan fingerprint density at radius 1 is 1.44 bits per heavy atom. The molecule has 1 saturated carbocycles. The Morgan fingerprint density at radius 2 is 2.28 bits per heavy atom. The molecule has 1 aliphatic carbocycles. The van der Waals surface area contributed by atoms with Gasteiger partial charge in [0.1, 0.15) is 0 Å². The quantitative estimate of drug-likeness (QED) is 0.841. The van der Waals surface area contributed by atoms with Gasteiger partial charge in [0.15, 0.2) is 11.6 Å². The topological polar surface area (TPSA) is 60.2 Å². The molecule has 1 aromatic rings. The van der Waals surface area contributed by atoms with Gasteiger partial charge in [-0.1, -0.05) is 12.8 Å². The zero-order chi connectivity index (χ0) is 12.8. The number of hydrogen-bond acceptors (Lipinski definition) is 4. The van der Waals surface area contributed by atoms with Gasteiger partial charge >= 0.3 is 0 Å². The van der Waals surface area contributed by atoms with Crippen LogP contribution in [0.25, 0.3) is 0 Å². The van der Waals surface area contributed by atoms with Gasteiger partial charge in [0.25, 0.3) is 0 Å². The summed E-state index contributed by atoms with van der Waals surface area (Å²) >= 11 is 0. The minimum Gasteiger partial charge on any atom is -0.490 e. The second-order valence-corrected chi connectivity index (χ2v) is 4.81. The van der Waals surface area contributed by atoms with Crippen LogP contribution >= 0.6 is 0 Å². The van der Waals surface area contributed by atoms with Crippen LogP contribution < -0.4 is 15.8 Å². The van der Waals surface area contributed by atoms with Crippen molar-refractivity contribution in [3.05, 3.63) is 18.3 Å². The largest absolute Gasteiger partial charge is 0.490 e. The van der Waals surface area contributed by atoms with Crippen LogP contribution in [0.2, 0.25) is 0 Å². The van der Waals surface area contributed by atoms with Crippen molar-refractivity contribution in [1.29, 1.82) is 0 Å². The Bertz CT molecular complexity index is 370. The molecule has 18 heavy (non-hydrogen) atoms. The Hall–Kier alpha value is -1.29. The van der Waals surface area contributed by atoms with E-state index in [-0.39, 0.29) is 0 Å². The van der Waals surface area contributed by atoms with Gasteiger partial charge in [0.2, 0.25) is 0 Å². The van der Waals surface area contributed by atoms with Crippen molar-refractivity contribution in [1.82, 2.24) is 4.98 Å². The van der Waals surface area contributed by atoms with Crippen LogP contribution in [0.5, 0.6) is 5.75 Å². The summed E-state index contributed by atoms with van der Waals surface area (Å²) in [5.74, 6) is 2.24. The third kappa shape index (κ3) is 3.13. The first-order valence-corrected chi connectivity index (χ1v) is 6.89. The number of aromatic nitrogens is 1. The van der Waals surface area contributed by atoms with Crippen LogP contribution in [0, 0.1) is 5.92 Å². The molecule has 1 heterocycles. The molecule has 1 aliphatic rings. The van der Waals surface area contributed by atoms with Gasteiger partial charge < -0.3 is 15.8 Å². The highest BCUT2D eigenvalue weighted by molar-refractivity contribution is 5.50. The van der Waals surface area contributed by atoms with Crippen molar-refractivity contribution in [3.63, 3.8) is 0 Å². The van der Waals surface area contributed by atoms with E-state index in [4.69, 9.17) is 10.5 Å². The number of ether oxygens (including phenoxy) is 1. The minimum atomic E-state index is 0.429. The molecule has 2 unspecified atom stereocenters. The normalized spacial score (nSPS) is 23.7. The Balaban J connectivity index is 2.07. The molecule has 0 bridgehead atoms. The lowest BCUT2D eigenvalue weighted by Crippen LogP contribution is -2.37. The highest BCUT2D eigenvalue weighted by Crippen LogP contribution is 2.29. The van der Waals surface area contributed by atoms with E-state index in [0.29, 0.717) is 18.6 Å². The summed E-state index contributed by atoms with van der Waals surface area (Å²) in [5, 5.41) is 3.52. The predicted molar refractivity (Wildman–Crippen MR) is 73.8 cm³/mol. The second-order valence-electron chi connectivity index (χ2n) is 4.81. The fraction of sp³-hybridized carbons (Fsp3) is 0.643. The van der Waals surface area contributed by atoms with E-state index >= 15 is 0 Å². The molecule has 0 amide bonds. The molecular formula is C14H23N3O. The van der Waals surface area contributed by atoms with Gasteiger partial charge in [0, 0.05) is 12.2 Å². The first-order chi connectivity index (χ1) is 8.85. The van der Waals surface area contributed by atoms with E-state index in [1.807, 2.05) is 19.1 Å². The maximum absolute atomic E-state index is 5.85. The fourth-order valence-corrected chi connectivity index (χ4v) is 2.63. The van der Waals surface area contributed by atoms with Crippen LogP contribution in [0.3, 0.4) is 0 Å². The van der Waals surface area contributed by atoms with E-state index in [1.165, 1.54) is 25.7 Å². The Labute approximate surface area is 109 Å². The average molecular weight is 249 g/mol. The zero-order valence-corrected chi connectivity index (χ0v) is 11.1. The summed E-state index contributed by atoms with van der Waals surface area (Å²) in [6.07, 6.45) is 6.74. The molecule has 4 nitrogen and oxygen atoms in total. The van der Waals surface area contributed by atoms with Crippen molar-refractivity contribution in [2.24, 2.45) is 11.7 Å². The number of pyridine rings is 1. The van der Waals surface area contributed by atoms with Crippen molar-refractivity contribution in [2.45, 2.75) is 38.6 Å². The molecule has 0 spiro atoms. The number of rotatable bonds is 5. The summed E-state index contributed by atoms with van der Waals surface area (Å²) < 4.78 is 5.59. The van der Waals surface area contributed by atoms with Gasteiger partial charge in [-0.2, -0.15) is 0 Å². The smallest absolute Gasteiger partial charge is 0.168 e. The standard InChI is InChI=1S/C14H23N3O/c1-2-18-13-8-5-9-16-14(13)17-12-7-4-3-6-11(12)10-15/h5,8-9,11-12H,2-4,6-7,10,15H2,1H3,(H,16,17). The van der Waals surface area contributed by atoms with Gasteiger partial charge in [0.05, 0.1) is 6.61 Å². The summed E-state index contributed by atoms with van der Waals surface area (Å²) in [5.41, 5.74) is 5.85. The van der Waals surface area contributed by atoms with Gasteiger partial charge in [-0.25, -0.2) is 4.98 Å². The minimum absolute atomic E-state index is 0.429. The SMILES string of the molecule is CCOc1cccnc1NC1CCCCC1CN. The van der Waals surface area contributed by atoms with Crippen molar-refractivity contribution in [2.75, 3.05) is 18.5 Å². The van der Waals surface area contributed by atoms with Crippen LogP contribution in [-0.4, -0.2) is 24.2 Å². The molecule has 1 aromatic heterocycles. The molecule has 2 rings (SSSR count). The van der Waals surface area contributed by atoms with Gasteiger partial charge in [-0.3, -0.25) is 0 Å². The maximum Gasteiger partial charge on any atom is 0.168 e. The second kappa shape index (κ2) is 6.59. The molecule has 100 valence electrons. The first-order valence-electron chi connectivity index (χ1n) is 6.89. The Kier molecular flexibility index (Phi) is 4.81. The van der Waals surface area contributed by atoms with E-state index < -0.39 is 0 Å². The Morgan fingerprint density at radius 3 is 3.06 bits per heavy atom. The molecule has 0 radical (unpaired) electrons. The van der Waals surface area contributed by atoms with Crippen LogP contribution in [0.1, 0.15) is 32.6 Å². The zero-order valence-electron chi connectivity index (χ0n) is 11.1. The summed E-state index contributed by atoms with van der Waals surface area (Å²) in [6, 6.07) is 4.29. The van der Waals surface area contributed by atoms with Crippen molar-refractivity contribution < 1.29 is 4.74 Å². The molecule has 3 N–H and O–H groups in total. The molecule has 1 fully saturated rings. The lowest BCUT2D eigenvalue weighted by Gasteiger charge is -2.32. The maximum atomic E-state index is 5.85. The molecule has 4 heteroatoms. The molecular weight excluding hydrogens is 226 g/mol. The van der Waals surface area contributed by atoms with Crippen molar-refractivity contribution in [3.8, 4) is 5.75 Å². The van der Waals surface area contributed by atoms with E-state index in [2.05, 4.69) is 10.3 Å². The number of nitrogens with one attached hydrogen (secondary N) is 1. The van der Waals surface area contributed by atoms with Crippen LogP contribution in [0.4, 0.5) is 5.82 Å². The predicted octanol–water partition coefficient (Wildman–Crippen LogP) is 2.41. The fourth-order valence-electron chi connectivity index (χ4n) is 2.63. The lowest BCUT2D eigenvalue weighted by atomic mass is 9.84. The van der Waals surface area contributed by atoms with E-state index in [9.17, 15) is 0 Å². The average Bonchev–Trinajstić information content (AvgIpc) is 2.42. The van der Waals surface area contributed by atoms with Crippen LogP contribution in [0.15, 0.2) is 18.3 Å². The van der Waals surface area contributed by atoms with Crippen molar-refractivity contribution >= 4 is 5.82 Å². The number of anilines is 1. The number of nitrogens with two attached hydrogens (primary N) is 1. The third-order valence-corrected chi connectivity index (χ3v) is 3.60. The van der Waals surface area contributed by atoms with Gasteiger partial charge in [-0.15, -0.1) is 0 Å². The lowest BCUT2D eigenvalue weighted by molar-refractivity contribution is 0.324. The van der Waals surface area contributed by atoms with E-state index in [0.717, 1.165) is 18.1 Å². The molecule has 0 saturated heterocycles. The monoisotopic (exact) mass is 249 g/mol.